The van der Waals surface area contributed by atoms with Gasteiger partial charge in [-0.3, -0.25) is 9.69 Å². The van der Waals surface area contributed by atoms with Crippen LogP contribution in [-0.2, 0) is 30.9 Å². The van der Waals surface area contributed by atoms with E-state index in [1.165, 1.54) is 0 Å². The average molecular weight is 598 g/mol. The lowest BCUT2D eigenvalue weighted by atomic mass is 10.1. The van der Waals surface area contributed by atoms with Crippen LogP contribution in [0.2, 0.25) is 5.02 Å². The van der Waals surface area contributed by atoms with E-state index in [1.807, 2.05) is 66.7 Å². The predicted molar refractivity (Wildman–Crippen MR) is 167 cm³/mol. The van der Waals surface area contributed by atoms with Gasteiger partial charge < -0.3 is 24.8 Å². The molecule has 0 spiro atoms. The van der Waals surface area contributed by atoms with Crippen LogP contribution in [0.15, 0.2) is 97.1 Å². The maximum absolute atomic E-state index is 13.5. The minimum absolute atomic E-state index is 0.0448. The summed E-state index contributed by atoms with van der Waals surface area (Å²) < 4.78 is 16.9. The molecule has 0 radical (unpaired) electrons. The molecule has 0 saturated carbocycles. The number of hydrogen-bond donors (Lipinski definition) is 2. The fourth-order valence-corrected chi connectivity index (χ4v) is 5.87. The van der Waals surface area contributed by atoms with Crippen molar-refractivity contribution in [2.75, 3.05) is 19.9 Å². The number of rotatable bonds is 12. The highest BCUT2D eigenvalue weighted by Crippen LogP contribution is 2.32. The zero-order valence-electron chi connectivity index (χ0n) is 24.0. The van der Waals surface area contributed by atoms with Crippen LogP contribution in [0.25, 0.3) is 0 Å². The summed E-state index contributed by atoms with van der Waals surface area (Å²) in [6.07, 6.45) is 1.44. The summed E-state index contributed by atoms with van der Waals surface area (Å²) in [6, 6.07) is 32.0. The van der Waals surface area contributed by atoms with E-state index < -0.39 is 0 Å². The Labute approximate surface area is 257 Å². The van der Waals surface area contributed by atoms with E-state index in [2.05, 4.69) is 45.9 Å². The third-order valence-corrected chi connectivity index (χ3v) is 8.11. The first-order chi connectivity index (χ1) is 21.1. The maximum atomic E-state index is 13.5. The molecule has 2 aliphatic heterocycles. The van der Waals surface area contributed by atoms with Crippen molar-refractivity contribution < 1.29 is 19.0 Å². The van der Waals surface area contributed by atoms with Gasteiger partial charge in [0.15, 0.2) is 11.5 Å². The van der Waals surface area contributed by atoms with Crippen LogP contribution >= 0.6 is 11.6 Å². The Bertz CT molecular complexity index is 1530. The van der Waals surface area contributed by atoms with Crippen molar-refractivity contribution in [2.24, 2.45) is 0 Å². The smallest absolute Gasteiger partial charge is 0.237 e. The van der Waals surface area contributed by atoms with Gasteiger partial charge >= 0.3 is 0 Å². The Morgan fingerprint density at radius 2 is 1.67 bits per heavy atom. The van der Waals surface area contributed by atoms with Gasteiger partial charge in [0, 0.05) is 37.2 Å². The Morgan fingerprint density at radius 1 is 0.860 bits per heavy atom. The van der Waals surface area contributed by atoms with E-state index >= 15 is 0 Å². The van der Waals surface area contributed by atoms with Gasteiger partial charge in [0.25, 0.3) is 0 Å². The molecule has 4 aromatic rings. The summed E-state index contributed by atoms with van der Waals surface area (Å²) in [5.41, 5.74) is 4.47. The van der Waals surface area contributed by atoms with E-state index in [1.54, 1.807) is 0 Å². The third-order valence-electron chi connectivity index (χ3n) is 7.87. The Balaban J connectivity index is 1.05. The second kappa shape index (κ2) is 14.0. The lowest BCUT2D eigenvalue weighted by molar-refractivity contribution is -0.125. The quantitative estimate of drug-likeness (QED) is 0.217. The predicted octanol–water partition coefficient (Wildman–Crippen LogP) is 5.74. The fourth-order valence-electron chi connectivity index (χ4n) is 5.66. The molecule has 2 aliphatic rings. The molecule has 2 atom stereocenters. The van der Waals surface area contributed by atoms with Crippen LogP contribution in [-0.4, -0.2) is 42.8 Å². The first-order valence-electron chi connectivity index (χ1n) is 14.7. The van der Waals surface area contributed by atoms with E-state index in [0.29, 0.717) is 37.7 Å². The zero-order valence-corrected chi connectivity index (χ0v) is 24.8. The lowest BCUT2D eigenvalue weighted by Crippen LogP contribution is -2.43. The van der Waals surface area contributed by atoms with Crippen molar-refractivity contribution in [2.45, 2.75) is 44.6 Å². The Hall–Kier alpha value is -4.04. The van der Waals surface area contributed by atoms with Gasteiger partial charge in [-0.15, -0.1) is 0 Å². The van der Waals surface area contributed by atoms with Gasteiger partial charge in [-0.1, -0.05) is 72.3 Å². The molecular weight excluding hydrogens is 562 g/mol. The van der Waals surface area contributed by atoms with Gasteiger partial charge in [-0.05, 0) is 71.5 Å². The molecule has 4 aromatic carbocycles. The van der Waals surface area contributed by atoms with Crippen molar-refractivity contribution in [1.29, 1.82) is 0 Å². The second-order valence-corrected chi connectivity index (χ2v) is 11.5. The SMILES string of the molecule is O=C(NCCc1ccc2c(c1)OCO2)[C@@H]1C[C@H](NCc2cccc(OCc3ccccc3)c2)CN1Cc1cccc(Cl)c1. The van der Waals surface area contributed by atoms with Crippen molar-refractivity contribution in [3.63, 3.8) is 0 Å². The first kappa shape index (κ1) is 29.1. The van der Waals surface area contributed by atoms with Crippen LogP contribution in [0.5, 0.6) is 17.2 Å². The van der Waals surface area contributed by atoms with Crippen molar-refractivity contribution in [3.8, 4) is 17.2 Å². The molecule has 0 bridgehead atoms. The van der Waals surface area contributed by atoms with Crippen molar-refractivity contribution in [1.82, 2.24) is 15.5 Å². The molecular formula is C35H36ClN3O4. The number of ether oxygens (including phenoxy) is 3. The molecule has 0 unspecified atom stereocenters. The summed E-state index contributed by atoms with van der Waals surface area (Å²) in [4.78, 5) is 15.7. The number of amides is 1. The minimum Gasteiger partial charge on any atom is -0.489 e. The number of hydrogen-bond acceptors (Lipinski definition) is 6. The molecule has 222 valence electrons. The molecule has 8 heteroatoms. The average Bonchev–Trinajstić information content (AvgIpc) is 3.66. The largest absolute Gasteiger partial charge is 0.489 e. The monoisotopic (exact) mass is 597 g/mol. The van der Waals surface area contributed by atoms with Crippen LogP contribution < -0.4 is 24.8 Å². The number of nitrogens with zero attached hydrogens (tertiary/aromatic N) is 1. The van der Waals surface area contributed by atoms with E-state index in [9.17, 15) is 4.79 Å². The molecule has 6 rings (SSSR count). The van der Waals surface area contributed by atoms with Gasteiger partial charge in [-0.2, -0.15) is 0 Å². The molecule has 1 amide bonds. The summed E-state index contributed by atoms with van der Waals surface area (Å²) in [7, 11) is 0. The van der Waals surface area contributed by atoms with Crippen LogP contribution in [0.3, 0.4) is 0 Å². The number of nitrogens with one attached hydrogen (secondary N) is 2. The zero-order chi connectivity index (χ0) is 29.4. The standard InChI is InChI=1S/C35H36ClN3O4/c36-29-10-4-9-28(16-29)21-39-22-30(38-20-27-8-5-11-31(17-27)41-23-26-6-2-1-3-7-26)19-32(39)35(40)37-15-14-25-12-13-33-34(18-25)43-24-42-33/h1-13,16-18,30,32,38H,14-15,19-24H2,(H,37,40)/t30-,32-/m0/s1. The van der Waals surface area contributed by atoms with E-state index in [0.717, 1.165) is 52.5 Å². The van der Waals surface area contributed by atoms with Crippen LogP contribution in [0.4, 0.5) is 0 Å². The fraction of sp³-hybridized carbons (Fsp3) is 0.286. The molecule has 0 aromatic heterocycles. The van der Waals surface area contributed by atoms with Gasteiger partial charge in [0.05, 0.1) is 6.04 Å². The highest BCUT2D eigenvalue weighted by Gasteiger charge is 2.36. The molecule has 1 fully saturated rings. The second-order valence-electron chi connectivity index (χ2n) is 11.0. The van der Waals surface area contributed by atoms with Gasteiger partial charge in [-0.25, -0.2) is 0 Å². The number of benzene rings is 4. The molecule has 1 saturated heterocycles. The molecule has 0 aliphatic carbocycles. The molecule has 2 heterocycles. The van der Waals surface area contributed by atoms with Crippen molar-refractivity contribution in [3.05, 3.63) is 124 Å². The molecule has 43 heavy (non-hydrogen) atoms. The highest BCUT2D eigenvalue weighted by atomic mass is 35.5. The number of carbonyl (C=O) groups is 1. The van der Waals surface area contributed by atoms with E-state index in [4.69, 9.17) is 25.8 Å². The number of carbonyl (C=O) groups excluding carboxylic acids is 1. The third kappa shape index (κ3) is 7.87. The number of fused-ring (bicyclic) bond motifs is 1. The van der Waals surface area contributed by atoms with E-state index in [-0.39, 0.29) is 24.8 Å². The Morgan fingerprint density at radius 3 is 2.56 bits per heavy atom. The lowest BCUT2D eigenvalue weighted by Gasteiger charge is -2.23. The normalized spacial score (nSPS) is 17.6. The summed E-state index contributed by atoms with van der Waals surface area (Å²) >= 11 is 6.27. The van der Waals surface area contributed by atoms with Crippen LogP contribution in [0, 0.1) is 0 Å². The summed E-state index contributed by atoms with van der Waals surface area (Å²) in [5, 5.41) is 7.56. The Kier molecular flexibility index (Phi) is 9.43. The first-order valence-corrected chi connectivity index (χ1v) is 15.1. The number of halogens is 1. The highest BCUT2D eigenvalue weighted by molar-refractivity contribution is 6.30. The maximum Gasteiger partial charge on any atom is 0.237 e. The van der Waals surface area contributed by atoms with Crippen LogP contribution in [0.1, 0.15) is 28.7 Å². The topological polar surface area (TPSA) is 72.1 Å². The van der Waals surface area contributed by atoms with Crippen molar-refractivity contribution >= 4 is 17.5 Å². The van der Waals surface area contributed by atoms with Gasteiger partial charge in [0.1, 0.15) is 12.4 Å². The summed E-state index contributed by atoms with van der Waals surface area (Å²) in [5.74, 6) is 2.41. The number of likely N-dealkylation sites (tertiary alicyclic amines) is 1. The molecule has 7 nitrogen and oxygen atoms in total. The minimum atomic E-state index is -0.242. The summed E-state index contributed by atoms with van der Waals surface area (Å²) in [6.45, 7) is 3.44. The van der Waals surface area contributed by atoms with Gasteiger partial charge in [0.2, 0.25) is 12.7 Å². The molecule has 2 N–H and O–H groups in total.